The van der Waals surface area contributed by atoms with Crippen molar-refractivity contribution in [2.24, 2.45) is 0 Å². The van der Waals surface area contributed by atoms with Crippen molar-refractivity contribution in [2.45, 2.75) is 31.6 Å². The van der Waals surface area contributed by atoms with Crippen LogP contribution in [-0.2, 0) is 10.8 Å². The van der Waals surface area contributed by atoms with Gasteiger partial charge in [-0.15, -0.1) is 0 Å². The van der Waals surface area contributed by atoms with Crippen molar-refractivity contribution in [1.29, 1.82) is 0 Å². The molecule has 0 saturated carbocycles. The van der Waals surface area contributed by atoms with Gasteiger partial charge in [-0.2, -0.15) is 0 Å². The minimum atomic E-state index is -0.681. The minimum Gasteiger partial charge on any atom is -0.310 e. The van der Waals surface area contributed by atoms with Crippen LogP contribution in [0.2, 0.25) is 0 Å². The van der Waals surface area contributed by atoms with Crippen LogP contribution in [0.3, 0.4) is 0 Å². The molecule has 16 aromatic carbocycles. The van der Waals surface area contributed by atoms with Crippen molar-refractivity contribution < 1.29 is 11.0 Å². The molecule has 4 nitrogen and oxygen atoms in total. The molecule has 0 atom stereocenters. The standard InChI is InChI=1S/C101H71BN4/c1-100(2,3)72-60-95-97-96(61-72)106(99-77(68-36-14-6-15-37-68)50-31-51-78(99)69-38-16-7-17-39-69)94-63-74(104-91-55-29-25-47-82(91)84-64-83-79-44-22-26-52-85(79)101(86(83)65-92(84)104,70-40-18-8-19-41-70)71-42-20-9-21-43-71)57-59-88(94)102(97)87-58-56-73(103-89-53-27-23-45-80(89)81-46-24-28-54-90(81)103)62-93(87)105(95)98-75(66-32-10-4-11-33-66)48-30-49-76(98)67-34-12-5-13-35-67/h4-65H,1-3H3/i23D,24D,27D,28D,45D,46D,53D,54D. The zero-order valence-electron chi connectivity index (χ0n) is 66.5. The maximum Gasteiger partial charge on any atom is 0.252 e. The molecule has 18 aromatic rings. The van der Waals surface area contributed by atoms with Crippen LogP contribution >= 0.6 is 0 Å². The van der Waals surface area contributed by atoms with Gasteiger partial charge in [-0.05, 0) is 150 Å². The van der Waals surface area contributed by atoms with E-state index in [2.05, 4.69) is 345 Å². The lowest BCUT2D eigenvalue weighted by molar-refractivity contribution is 0.590. The van der Waals surface area contributed by atoms with Crippen LogP contribution in [0.25, 0.3) is 111 Å². The fourth-order valence-electron chi connectivity index (χ4n) is 18.0. The largest absolute Gasteiger partial charge is 0.310 e. The number of nitrogens with zero attached hydrogens (tertiary/aromatic N) is 4. The molecular formula is C101H71BN4. The number of benzene rings is 16. The summed E-state index contributed by atoms with van der Waals surface area (Å²) in [5, 5.41) is 2.28. The summed E-state index contributed by atoms with van der Waals surface area (Å²) < 4.78 is 79.8. The molecular weight excluding hydrogens is 1280 g/mol. The first-order chi connectivity index (χ1) is 55.6. The van der Waals surface area contributed by atoms with Gasteiger partial charge in [-0.1, -0.05) is 330 Å². The average Bonchev–Trinajstić information content (AvgIpc) is 1.56. The normalized spacial score (nSPS) is 14.3. The summed E-state index contributed by atoms with van der Waals surface area (Å²) in [6, 6.07) is 115. The molecule has 2 aromatic heterocycles. The van der Waals surface area contributed by atoms with Gasteiger partial charge in [0, 0.05) is 77.9 Å². The number of hydrogen-bond donors (Lipinski definition) is 0. The summed E-state index contributed by atoms with van der Waals surface area (Å²) in [5.41, 5.74) is 27.2. The highest BCUT2D eigenvalue weighted by Gasteiger charge is 2.49. The number of aromatic nitrogens is 2. The van der Waals surface area contributed by atoms with Gasteiger partial charge in [0.2, 0.25) is 0 Å². The number of fused-ring (bicyclic) bond motifs is 13. The lowest BCUT2D eigenvalue weighted by Gasteiger charge is -2.46. The van der Waals surface area contributed by atoms with Gasteiger partial charge in [0.05, 0.1) is 49.8 Å². The lowest BCUT2D eigenvalue weighted by Crippen LogP contribution is -2.61. The number of anilines is 6. The van der Waals surface area contributed by atoms with Gasteiger partial charge >= 0.3 is 0 Å². The highest BCUT2D eigenvalue weighted by atomic mass is 15.2. The molecule has 0 amide bonds. The van der Waals surface area contributed by atoms with E-state index in [1.54, 1.807) is 4.57 Å². The van der Waals surface area contributed by atoms with Crippen LogP contribution in [0.1, 0.15) is 59.6 Å². The van der Waals surface area contributed by atoms with E-state index in [1.807, 2.05) is 18.2 Å². The summed E-state index contributed by atoms with van der Waals surface area (Å²) in [4.78, 5) is 5.02. The van der Waals surface area contributed by atoms with Crippen LogP contribution in [0.5, 0.6) is 0 Å². The van der Waals surface area contributed by atoms with E-state index in [9.17, 15) is 8.22 Å². The van der Waals surface area contributed by atoms with Gasteiger partial charge < -0.3 is 18.9 Å². The molecule has 3 aliphatic rings. The van der Waals surface area contributed by atoms with Gasteiger partial charge in [-0.25, -0.2) is 0 Å². The molecule has 4 heterocycles. The Balaban J connectivity index is 0.924. The fourth-order valence-corrected chi connectivity index (χ4v) is 18.0. The van der Waals surface area contributed by atoms with E-state index >= 15 is 0 Å². The van der Waals surface area contributed by atoms with Crippen LogP contribution < -0.4 is 26.2 Å². The van der Waals surface area contributed by atoms with Crippen LogP contribution in [-0.4, -0.2) is 15.8 Å². The Morgan fingerprint density at radius 3 is 1.18 bits per heavy atom. The molecule has 2 aliphatic heterocycles. The Hall–Kier alpha value is -13.2. The zero-order chi connectivity index (χ0) is 77.3. The average molecular weight is 1360 g/mol. The second-order valence-electron chi connectivity index (χ2n) is 29.2. The Labute approximate surface area is 629 Å². The third kappa shape index (κ3) is 9.15. The van der Waals surface area contributed by atoms with E-state index in [0.29, 0.717) is 5.69 Å². The van der Waals surface area contributed by atoms with Crippen molar-refractivity contribution in [1.82, 2.24) is 9.13 Å². The number of para-hydroxylation sites is 5. The highest BCUT2D eigenvalue weighted by Crippen LogP contribution is 2.59. The maximum atomic E-state index is 9.85. The van der Waals surface area contributed by atoms with Crippen LogP contribution in [0, 0.1) is 0 Å². The van der Waals surface area contributed by atoms with Crippen molar-refractivity contribution in [3.05, 3.63) is 404 Å². The van der Waals surface area contributed by atoms with Crippen molar-refractivity contribution in [2.75, 3.05) is 9.80 Å². The predicted octanol–water partition coefficient (Wildman–Crippen LogP) is 24.3. The van der Waals surface area contributed by atoms with Gasteiger partial charge in [0.25, 0.3) is 6.71 Å². The quantitative estimate of drug-likeness (QED) is 0.127. The van der Waals surface area contributed by atoms with Gasteiger partial charge in [-0.3, -0.25) is 0 Å². The third-order valence-electron chi connectivity index (χ3n) is 22.6. The molecule has 106 heavy (non-hydrogen) atoms. The van der Waals surface area contributed by atoms with Gasteiger partial charge in [0.1, 0.15) is 0 Å². The van der Waals surface area contributed by atoms with E-state index < -0.39 is 53.8 Å². The van der Waals surface area contributed by atoms with Crippen LogP contribution in [0.4, 0.5) is 34.1 Å². The van der Waals surface area contributed by atoms with E-state index in [1.165, 1.54) is 33.4 Å². The van der Waals surface area contributed by atoms with E-state index in [0.717, 1.165) is 128 Å². The monoisotopic (exact) mass is 1360 g/mol. The Bertz CT molecular complexity index is 6830. The molecule has 0 spiro atoms. The first-order valence-electron chi connectivity index (χ1n) is 40.4. The molecule has 498 valence electrons. The van der Waals surface area contributed by atoms with E-state index in [-0.39, 0.29) is 33.9 Å². The summed E-state index contributed by atoms with van der Waals surface area (Å²) >= 11 is 0. The first-order valence-corrected chi connectivity index (χ1v) is 36.4. The minimum absolute atomic E-state index is 0.00960. The number of rotatable bonds is 10. The zero-order valence-corrected chi connectivity index (χ0v) is 58.5. The second kappa shape index (κ2) is 23.9. The van der Waals surface area contributed by atoms with Crippen LogP contribution in [0.15, 0.2) is 376 Å². The van der Waals surface area contributed by atoms with Crippen molar-refractivity contribution in [3.63, 3.8) is 0 Å². The number of hydrogen-bond acceptors (Lipinski definition) is 2. The highest BCUT2D eigenvalue weighted by molar-refractivity contribution is 7.00. The molecule has 0 radical (unpaired) electrons. The third-order valence-corrected chi connectivity index (χ3v) is 22.6. The Kier molecular flexibility index (Phi) is 12.1. The van der Waals surface area contributed by atoms with Crippen molar-refractivity contribution >= 4 is 101 Å². The summed E-state index contributed by atoms with van der Waals surface area (Å²) in [5.74, 6) is 0. The Morgan fingerprint density at radius 1 is 0.302 bits per heavy atom. The molecule has 0 saturated heterocycles. The van der Waals surface area contributed by atoms with Gasteiger partial charge in [0.15, 0.2) is 0 Å². The lowest BCUT2D eigenvalue weighted by atomic mass is 9.33. The maximum absolute atomic E-state index is 9.85. The summed E-state index contributed by atoms with van der Waals surface area (Å²) in [6.45, 7) is 6.34. The second-order valence-corrected chi connectivity index (χ2v) is 29.2. The molecule has 0 unspecified atom stereocenters. The molecule has 5 heteroatoms. The summed E-state index contributed by atoms with van der Waals surface area (Å²) in [7, 11) is 0. The topological polar surface area (TPSA) is 16.3 Å². The summed E-state index contributed by atoms with van der Waals surface area (Å²) in [6.07, 6.45) is 0. The Morgan fingerprint density at radius 2 is 0.708 bits per heavy atom. The predicted molar refractivity (Wildman–Crippen MR) is 447 cm³/mol. The molecule has 0 bridgehead atoms. The molecule has 0 N–H and O–H groups in total. The molecule has 0 fully saturated rings. The first kappa shape index (κ1) is 53.6. The fraction of sp³-hybridized carbons (Fsp3) is 0.0495. The molecule has 21 rings (SSSR count). The smallest absolute Gasteiger partial charge is 0.252 e. The van der Waals surface area contributed by atoms with Crippen molar-refractivity contribution in [3.8, 4) is 67.0 Å². The SMILES string of the molecule is [2H]c1c([2H])c([2H])c2c(c1[2H])c1c([2H])c([2H])c([2H])c([2H])c1n2-c1ccc2c(c1)N(c1c(-c3ccccc3)cccc1-c1ccccc1)c1cc(C(C)(C)C)cc3c1B2c1ccc(-n2c4ccccc4c4cc5c(cc42)C(c2ccccc2)(c2ccccc2)c2ccccc2-5)cc1N3c1c(-c2ccccc2)cccc1-c1ccccc1. The molecule has 1 aliphatic carbocycles. The van der Waals surface area contributed by atoms with E-state index in [4.69, 9.17) is 2.74 Å².